The van der Waals surface area contributed by atoms with Crippen molar-refractivity contribution in [1.29, 1.82) is 0 Å². The number of thiophene rings is 1. The minimum Gasteiger partial charge on any atom is -0.460 e. The summed E-state index contributed by atoms with van der Waals surface area (Å²) in [7, 11) is 0. The predicted molar refractivity (Wildman–Crippen MR) is 89.3 cm³/mol. The summed E-state index contributed by atoms with van der Waals surface area (Å²) in [5.74, 6) is 1.75. The van der Waals surface area contributed by atoms with E-state index in [9.17, 15) is 0 Å². The van der Waals surface area contributed by atoms with Crippen LogP contribution in [0.4, 0.5) is 0 Å². The van der Waals surface area contributed by atoms with E-state index in [2.05, 4.69) is 31.9 Å². The highest BCUT2D eigenvalue weighted by atomic mass is 32.1. The van der Waals surface area contributed by atoms with Crippen LogP contribution in [0.25, 0.3) is 11.5 Å². The molecule has 4 heterocycles. The van der Waals surface area contributed by atoms with Gasteiger partial charge in [-0.2, -0.15) is 16.4 Å². The molecule has 1 atom stereocenters. The topological polar surface area (TPSA) is 54.3 Å². The van der Waals surface area contributed by atoms with Crippen molar-refractivity contribution in [2.24, 2.45) is 0 Å². The summed E-state index contributed by atoms with van der Waals surface area (Å²) in [6.07, 6.45) is 2.05. The van der Waals surface area contributed by atoms with E-state index < -0.39 is 0 Å². The average molecular weight is 329 g/mol. The third-order valence-electron chi connectivity index (χ3n) is 4.16. The van der Waals surface area contributed by atoms with Crippen LogP contribution in [0.1, 0.15) is 23.0 Å². The molecule has 4 rings (SSSR count). The Balaban J connectivity index is 1.49. The van der Waals surface area contributed by atoms with Gasteiger partial charge in [-0.25, -0.2) is 0 Å². The fourth-order valence-electron chi connectivity index (χ4n) is 2.96. The Labute approximate surface area is 138 Å². The average Bonchev–Trinajstić information content (AvgIpc) is 3.28. The molecule has 0 aliphatic carbocycles. The first kappa shape index (κ1) is 14.7. The van der Waals surface area contributed by atoms with Gasteiger partial charge in [-0.15, -0.1) is 0 Å². The first-order valence-electron chi connectivity index (χ1n) is 7.75. The molecule has 120 valence electrons. The van der Waals surface area contributed by atoms with Crippen LogP contribution in [0.5, 0.6) is 0 Å². The van der Waals surface area contributed by atoms with E-state index in [1.165, 1.54) is 5.56 Å². The van der Waals surface area contributed by atoms with E-state index in [-0.39, 0.29) is 6.10 Å². The number of nitrogens with one attached hydrogen (secondary N) is 1. The molecule has 0 unspecified atom stereocenters. The number of aryl methyl sites for hydroxylation is 1. The molecular formula is C17H19N3O2S. The molecule has 3 aromatic rings. The van der Waals surface area contributed by atoms with E-state index in [0.717, 1.165) is 49.0 Å². The van der Waals surface area contributed by atoms with E-state index in [1.807, 2.05) is 25.3 Å². The van der Waals surface area contributed by atoms with Gasteiger partial charge in [0, 0.05) is 25.2 Å². The first-order valence-corrected chi connectivity index (χ1v) is 8.69. The van der Waals surface area contributed by atoms with Crippen LogP contribution < -0.4 is 0 Å². The normalized spacial score (nSPS) is 19.3. The van der Waals surface area contributed by atoms with Gasteiger partial charge in [-0.05, 0) is 41.4 Å². The monoisotopic (exact) mass is 329 g/mol. The molecule has 1 N–H and O–H groups in total. The maximum Gasteiger partial charge on any atom is 0.152 e. The fraction of sp³-hybridized carbons (Fsp3) is 0.353. The van der Waals surface area contributed by atoms with Gasteiger partial charge in [0.1, 0.15) is 11.5 Å². The second kappa shape index (κ2) is 6.31. The predicted octanol–water partition coefficient (Wildman–Crippen LogP) is 3.61. The van der Waals surface area contributed by atoms with Gasteiger partial charge in [0.25, 0.3) is 0 Å². The van der Waals surface area contributed by atoms with Crippen molar-refractivity contribution in [2.75, 3.05) is 19.7 Å². The van der Waals surface area contributed by atoms with Crippen molar-refractivity contribution in [3.8, 4) is 11.5 Å². The van der Waals surface area contributed by atoms with Crippen molar-refractivity contribution in [3.63, 3.8) is 0 Å². The molecule has 0 aromatic carbocycles. The van der Waals surface area contributed by atoms with Gasteiger partial charge in [-0.3, -0.25) is 10.00 Å². The van der Waals surface area contributed by atoms with Gasteiger partial charge < -0.3 is 9.15 Å². The van der Waals surface area contributed by atoms with Crippen molar-refractivity contribution in [3.05, 3.63) is 52.0 Å². The summed E-state index contributed by atoms with van der Waals surface area (Å²) < 4.78 is 11.6. The third-order valence-corrected chi connectivity index (χ3v) is 4.87. The van der Waals surface area contributed by atoms with Gasteiger partial charge in [0.2, 0.25) is 0 Å². The van der Waals surface area contributed by atoms with Crippen molar-refractivity contribution in [2.45, 2.75) is 19.6 Å². The lowest BCUT2D eigenvalue weighted by atomic mass is 10.1. The van der Waals surface area contributed by atoms with Crippen molar-refractivity contribution >= 4 is 11.3 Å². The molecule has 0 spiro atoms. The smallest absolute Gasteiger partial charge is 0.152 e. The van der Waals surface area contributed by atoms with Gasteiger partial charge in [0.15, 0.2) is 5.76 Å². The van der Waals surface area contributed by atoms with Gasteiger partial charge in [0.05, 0.1) is 18.9 Å². The highest BCUT2D eigenvalue weighted by Crippen LogP contribution is 2.28. The lowest BCUT2D eigenvalue weighted by Gasteiger charge is -2.32. The molecule has 6 heteroatoms. The molecular weight excluding hydrogens is 310 g/mol. The van der Waals surface area contributed by atoms with E-state index in [0.29, 0.717) is 0 Å². The van der Waals surface area contributed by atoms with Crippen molar-refractivity contribution < 1.29 is 9.15 Å². The number of aromatic nitrogens is 2. The first-order chi connectivity index (χ1) is 11.3. The Kier molecular flexibility index (Phi) is 4.03. The molecule has 1 saturated heterocycles. The summed E-state index contributed by atoms with van der Waals surface area (Å²) in [6, 6.07) is 6.11. The lowest BCUT2D eigenvalue weighted by molar-refractivity contribution is -0.0326. The fourth-order valence-corrected chi connectivity index (χ4v) is 3.66. The zero-order chi connectivity index (χ0) is 15.6. The number of furan rings is 1. The maximum absolute atomic E-state index is 5.91. The quantitative estimate of drug-likeness (QED) is 0.794. The Morgan fingerprint density at radius 3 is 3.13 bits per heavy atom. The summed E-state index contributed by atoms with van der Waals surface area (Å²) in [4.78, 5) is 2.41. The number of H-pyrrole nitrogens is 1. The summed E-state index contributed by atoms with van der Waals surface area (Å²) in [5, 5.41) is 11.5. The Hall–Kier alpha value is -1.89. The molecule has 1 aliphatic rings. The Morgan fingerprint density at radius 1 is 1.39 bits per heavy atom. The number of ether oxygens (including phenoxy) is 1. The van der Waals surface area contributed by atoms with E-state index in [4.69, 9.17) is 9.15 Å². The van der Waals surface area contributed by atoms with E-state index >= 15 is 0 Å². The number of aromatic amines is 1. The summed E-state index contributed by atoms with van der Waals surface area (Å²) >= 11 is 1.72. The summed E-state index contributed by atoms with van der Waals surface area (Å²) in [5.41, 5.74) is 3.40. The molecule has 0 radical (unpaired) electrons. The number of hydrogen-bond acceptors (Lipinski definition) is 5. The minimum atomic E-state index is 0.163. The number of rotatable bonds is 4. The lowest BCUT2D eigenvalue weighted by Crippen LogP contribution is -2.37. The van der Waals surface area contributed by atoms with E-state index in [1.54, 1.807) is 11.3 Å². The molecule has 0 amide bonds. The van der Waals surface area contributed by atoms with Gasteiger partial charge in [-0.1, -0.05) is 0 Å². The standard InChI is InChI=1S/C17H19N3O2S/c1-12-2-3-15(22-12)17-14(8-18-19-17)9-20-5-6-21-16(10-20)13-4-7-23-11-13/h2-4,7-8,11,16H,5-6,9-10H2,1H3,(H,18,19)/t16-/m1/s1. The number of hydrogen-bond donors (Lipinski definition) is 1. The van der Waals surface area contributed by atoms with Crippen LogP contribution in [-0.4, -0.2) is 34.8 Å². The second-order valence-electron chi connectivity index (χ2n) is 5.83. The molecule has 1 fully saturated rings. The molecule has 3 aromatic heterocycles. The van der Waals surface area contributed by atoms with Crippen LogP contribution >= 0.6 is 11.3 Å². The van der Waals surface area contributed by atoms with Gasteiger partial charge >= 0.3 is 0 Å². The minimum absolute atomic E-state index is 0.163. The van der Waals surface area contributed by atoms with Crippen LogP contribution in [-0.2, 0) is 11.3 Å². The summed E-state index contributed by atoms with van der Waals surface area (Å²) in [6.45, 7) is 5.39. The molecule has 1 aliphatic heterocycles. The molecule has 23 heavy (non-hydrogen) atoms. The Morgan fingerprint density at radius 2 is 2.35 bits per heavy atom. The zero-order valence-corrected chi connectivity index (χ0v) is 13.8. The van der Waals surface area contributed by atoms with Crippen molar-refractivity contribution in [1.82, 2.24) is 15.1 Å². The zero-order valence-electron chi connectivity index (χ0n) is 13.0. The van der Waals surface area contributed by atoms with Crippen LogP contribution in [0.15, 0.2) is 39.6 Å². The second-order valence-corrected chi connectivity index (χ2v) is 6.61. The highest BCUT2D eigenvalue weighted by molar-refractivity contribution is 7.07. The number of nitrogens with zero attached hydrogens (tertiary/aromatic N) is 2. The molecule has 5 nitrogen and oxygen atoms in total. The molecule has 0 bridgehead atoms. The maximum atomic E-state index is 5.91. The third kappa shape index (κ3) is 3.10. The largest absolute Gasteiger partial charge is 0.460 e. The SMILES string of the molecule is Cc1ccc(-c2[nH]ncc2CN2CCO[C@@H](c3ccsc3)C2)o1. The van der Waals surface area contributed by atoms with Crippen LogP contribution in [0, 0.1) is 6.92 Å². The highest BCUT2D eigenvalue weighted by Gasteiger charge is 2.23. The molecule has 0 saturated carbocycles. The number of morpholine rings is 1. The van der Waals surface area contributed by atoms with Crippen LogP contribution in [0.2, 0.25) is 0 Å². The van der Waals surface area contributed by atoms with Crippen LogP contribution in [0.3, 0.4) is 0 Å². The Bertz CT molecular complexity index is 763.